The van der Waals surface area contributed by atoms with Crippen molar-refractivity contribution in [3.05, 3.63) is 62.6 Å². The molecule has 0 saturated carbocycles. The zero-order valence-corrected chi connectivity index (χ0v) is 18.9. The van der Waals surface area contributed by atoms with Crippen LogP contribution in [0.15, 0.2) is 36.4 Å². The number of halogens is 3. The lowest BCUT2D eigenvalue weighted by Crippen LogP contribution is -2.43. The smallest absolute Gasteiger partial charge is 0.241 e. The number of nitriles is 1. The van der Waals surface area contributed by atoms with Gasteiger partial charge in [-0.25, -0.2) is 0 Å². The lowest BCUT2D eigenvalue weighted by atomic mass is 10.1. The van der Waals surface area contributed by atoms with Gasteiger partial charge >= 0.3 is 0 Å². The van der Waals surface area contributed by atoms with Crippen molar-refractivity contribution in [2.24, 2.45) is 0 Å². The highest BCUT2D eigenvalue weighted by atomic mass is 35.5. The van der Waals surface area contributed by atoms with Gasteiger partial charge in [-0.15, -0.1) is 0 Å². The van der Waals surface area contributed by atoms with Crippen molar-refractivity contribution in [2.75, 3.05) is 31.5 Å². The topological polar surface area (TPSA) is 59.4 Å². The van der Waals surface area contributed by atoms with Gasteiger partial charge in [-0.3, -0.25) is 14.6 Å². The predicted molar refractivity (Wildman–Crippen MR) is 122 cm³/mol. The minimum atomic E-state index is -0.301. The molecule has 0 aromatic heterocycles. The maximum atomic E-state index is 12.8. The number of carbonyl (C=O) groups is 1. The maximum absolute atomic E-state index is 12.8. The van der Waals surface area contributed by atoms with Crippen molar-refractivity contribution in [1.29, 1.82) is 5.26 Å². The molecule has 1 amide bonds. The van der Waals surface area contributed by atoms with Gasteiger partial charge in [0.05, 0.1) is 38.4 Å². The number of benzene rings is 2. The quantitative estimate of drug-likeness (QED) is 0.628. The Hall–Kier alpha value is -1.81. The Labute approximate surface area is 192 Å². The fourth-order valence-corrected chi connectivity index (χ4v) is 4.09. The number of hydrogen-bond donors (Lipinski definition) is 1. The maximum Gasteiger partial charge on any atom is 0.241 e. The van der Waals surface area contributed by atoms with Crippen molar-refractivity contribution >= 4 is 46.4 Å². The number of nitrogens with one attached hydrogen (secondary N) is 1. The van der Waals surface area contributed by atoms with Gasteiger partial charge < -0.3 is 5.32 Å². The second-order valence-corrected chi connectivity index (χ2v) is 8.61. The van der Waals surface area contributed by atoms with Crippen LogP contribution in [0.5, 0.6) is 0 Å². The van der Waals surface area contributed by atoms with Crippen molar-refractivity contribution in [1.82, 2.24) is 9.80 Å². The number of hydrogen-bond acceptors (Lipinski definition) is 4. The average molecular weight is 466 g/mol. The number of carbonyl (C=O) groups excluding carboxylic acids is 1. The molecule has 2 aromatic carbocycles. The van der Waals surface area contributed by atoms with E-state index in [4.69, 9.17) is 40.1 Å². The number of nitrogens with zero attached hydrogens (tertiary/aromatic N) is 3. The van der Waals surface area contributed by atoms with E-state index < -0.39 is 0 Å². The molecule has 1 fully saturated rings. The minimum Gasteiger partial charge on any atom is -0.323 e. The molecular weight excluding hydrogens is 443 g/mol. The molecule has 3 rings (SSSR count). The Balaban J connectivity index is 1.56. The Morgan fingerprint density at radius 1 is 1.07 bits per heavy atom. The third kappa shape index (κ3) is 5.87. The zero-order chi connectivity index (χ0) is 21.7. The molecule has 1 aliphatic rings. The lowest BCUT2D eigenvalue weighted by Gasteiger charge is -2.27. The van der Waals surface area contributed by atoms with Gasteiger partial charge in [0.1, 0.15) is 0 Å². The fraction of sp³-hybridized carbons (Fsp3) is 0.364. The van der Waals surface area contributed by atoms with E-state index in [-0.39, 0.29) is 11.9 Å². The Bertz CT molecular complexity index is 943. The molecule has 1 N–H and O–H groups in total. The lowest BCUT2D eigenvalue weighted by molar-refractivity contribution is -0.120. The van der Waals surface area contributed by atoms with Gasteiger partial charge in [-0.2, -0.15) is 5.26 Å². The van der Waals surface area contributed by atoms with Gasteiger partial charge in [0, 0.05) is 26.2 Å². The van der Waals surface area contributed by atoms with Crippen LogP contribution in [0.2, 0.25) is 15.1 Å². The molecule has 1 atom stereocenters. The van der Waals surface area contributed by atoms with Crippen LogP contribution in [-0.4, -0.2) is 47.9 Å². The van der Waals surface area contributed by atoms with E-state index in [1.807, 2.05) is 31.2 Å². The minimum absolute atomic E-state index is 0.129. The predicted octanol–water partition coefficient (Wildman–Crippen LogP) is 5.05. The second kappa shape index (κ2) is 10.5. The van der Waals surface area contributed by atoms with Gasteiger partial charge in [-0.05, 0) is 49.7 Å². The van der Waals surface area contributed by atoms with Gasteiger partial charge in [0.2, 0.25) is 5.91 Å². The molecule has 158 valence electrons. The van der Waals surface area contributed by atoms with Crippen molar-refractivity contribution in [3.63, 3.8) is 0 Å². The van der Waals surface area contributed by atoms with Crippen molar-refractivity contribution < 1.29 is 4.79 Å². The van der Waals surface area contributed by atoms with Gasteiger partial charge in [0.25, 0.3) is 0 Å². The molecule has 0 aliphatic carbocycles. The summed E-state index contributed by atoms with van der Waals surface area (Å²) in [4.78, 5) is 17.3. The molecule has 1 heterocycles. The molecule has 1 saturated heterocycles. The van der Waals surface area contributed by atoms with E-state index in [0.717, 1.165) is 39.1 Å². The first-order chi connectivity index (χ1) is 14.4. The number of anilines is 1. The third-order valence-electron chi connectivity index (χ3n) is 5.31. The largest absolute Gasteiger partial charge is 0.323 e. The summed E-state index contributed by atoms with van der Waals surface area (Å²) in [5.74, 6) is -0.129. The first kappa shape index (κ1) is 22.9. The van der Waals surface area contributed by atoms with Crippen LogP contribution in [0.4, 0.5) is 5.69 Å². The highest BCUT2D eigenvalue weighted by Gasteiger charge is 2.25. The summed E-state index contributed by atoms with van der Waals surface area (Å²) in [6.07, 6.45) is 0.974. The third-order valence-corrected chi connectivity index (χ3v) is 6.34. The molecule has 30 heavy (non-hydrogen) atoms. The average Bonchev–Trinajstić information content (AvgIpc) is 2.97. The van der Waals surface area contributed by atoms with E-state index in [9.17, 15) is 4.79 Å². The van der Waals surface area contributed by atoms with Crippen molar-refractivity contribution in [3.8, 4) is 6.07 Å². The summed E-state index contributed by atoms with van der Waals surface area (Å²) >= 11 is 18.2. The van der Waals surface area contributed by atoms with Gasteiger partial charge in [0.15, 0.2) is 0 Å². The molecule has 5 nitrogen and oxygen atoms in total. The first-order valence-electron chi connectivity index (χ1n) is 9.78. The van der Waals surface area contributed by atoms with Crippen LogP contribution in [0.25, 0.3) is 0 Å². The fourth-order valence-electron chi connectivity index (χ4n) is 3.50. The summed E-state index contributed by atoms with van der Waals surface area (Å²) < 4.78 is 0. The highest BCUT2D eigenvalue weighted by Crippen LogP contribution is 2.32. The van der Waals surface area contributed by atoms with Crippen LogP contribution in [0.3, 0.4) is 0 Å². The normalized spacial score (nSPS) is 16.5. The molecule has 0 bridgehead atoms. The standard InChI is InChI=1S/C22H23Cl3N4O/c1-15(22(30)27-21-12-19(24)18(23)11-20(21)25)29-8-2-7-28(9-10-29)14-17-5-3-16(13-26)4-6-17/h3-6,11-12,15H,2,7-10,14H2,1H3,(H,27,30). The summed E-state index contributed by atoms with van der Waals surface area (Å²) in [5.41, 5.74) is 2.31. The van der Waals surface area contributed by atoms with Crippen LogP contribution >= 0.6 is 34.8 Å². The zero-order valence-electron chi connectivity index (χ0n) is 16.7. The monoisotopic (exact) mass is 464 g/mol. The van der Waals surface area contributed by atoms with Crippen LogP contribution in [0, 0.1) is 11.3 Å². The van der Waals surface area contributed by atoms with Crippen molar-refractivity contribution in [2.45, 2.75) is 25.9 Å². The first-order valence-corrected chi connectivity index (χ1v) is 10.9. The molecule has 1 aliphatic heterocycles. The van der Waals surface area contributed by atoms with E-state index >= 15 is 0 Å². The molecule has 2 aromatic rings. The van der Waals surface area contributed by atoms with E-state index in [2.05, 4.69) is 21.2 Å². The molecule has 0 radical (unpaired) electrons. The Morgan fingerprint density at radius 2 is 1.77 bits per heavy atom. The second-order valence-electron chi connectivity index (χ2n) is 7.39. The summed E-state index contributed by atoms with van der Waals surface area (Å²) in [6.45, 7) is 6.19. The molecular formula is C22H23Cl3N4O. The van der Waals surface area contributed by atoms with Crippen LogP contribution in [0.1, 0.15) is 24.5 Å². The Morgan fingerprint density at radius 3 is 2.47 bits per heavy atom. The van der Waals surface area contributed by atoms with Crippen LogP contribution < -0.4 is 5.32 Å². The summed E-state index contributed by atoms with van der Waals surface area (Å²) in [7, 11) is 0. The number of amides is 1. The summed E-state index contributed by atoms with van der Waals surface area (Å²) in [6, 6.07) is 12.6. The molecule has 0 spiro atoms. The van der Waals surface area contributed by atoms with E-state index in [0.29, 0.717) is 26.3 Å². The Kier molecular flexibility index (Phi) is 7.99. The molecule has 8 heteroatoms. The van der Waals surface area contributed by atoms with E-state index in [1.165, 1.54) is 11.6 Å². The number of rotatable bonds is 5. The molecule has 1 unspecified atom stereocenters. The van der Waals surface area contributed by atoms with Crippen LogP contribution in [-0.2, 0) is 11.3 Å². The SMILES string of the molecule is CC(C(=O)Nc1cc(Cl)c(Cl)cc1Cl)N1CCCN(Cc2ccc(C#N)cc2)CC1. The summed E-state index contributed by atoms with van der Waals surface area (Å²) in [5, 5.41) is 12.8. The van der Waals surface area contributed by atoms with E-state index in [1.54, 1.807) is 6.07 Å². The van der Waals surface area contributed by atoms with Gasteiger partial charge in [-0.1, -0.05) is 46.9 Å². The highest BCUT2D eigenvalue weighted by molar-refractivity contribution is 6.44.